The molecule has 0 amide bonds. The number of aromatic nitrogens is 3. The molecular formula is C20H31N5O4S. The number of fused-ring (bicyclic) bond motifs is 1. The zero-order valence-corrected chi connectivity index (χ0v) is 19.1. The number of hydrogen-bond donors (Lipinski definition) is 1. The Balaban J connectivity index is 1.81. The average molecular weight is 438 g/mol. The average Bonchev–Trinajstić information content (AvgIpc) is 2.99. The van der Waals surface area contributed by atoms with Crippen molar-refractivity contribution in [2.75, 3.05) is 33.6 Å². The maximum absolute atomic E-state index is 11.9. The predicted molar refractivity (Wildman–Crippen MR) is 114 cm³/mol. The van der Waals surface area contributed by atoms with Crippen molar-refractivity contribution in [3.05, 3.63) is 35.4 Å². The van der Waals surface area contributed by atoms with Gasteiger partial charge >= 0.3 is 0 Å². The van der Waals surface area contributed by atoms with Gasteiger partial charge in [0, 0.05) is 32.6 Å². The van der Waals surface area contributed by atoms with E-state index in [4.69, 9.17) is 9.47 Å². The fourth-order valence-electron chi connectivity index (χ4n) is 3.80. The second-order valence-corrected chi connectivity index (χ2v) is 9.69. The lowest BCUT2D eigenvalue weighted by Gasteiger charge is -2.23. The van der Waals surface area contributed by atoms with Crippen LogP contribution in [0.4, 0.5) is 0 Å². The minimum absolute atomic E-state index is 0.0465. The molecule has 1 aromatic carbocycles. The van der Waals surface area contributed by atoms with Gasteiger partial charge < -0.3 is 14.0 Å². The van der Waals surface area contributed by atoms with Gasteiger partial charge in [-0.2, -0.15) is 0 Å². The van der Waals surface area contributed by atoms with E-state index in [2.05, 4.69) is 24.4 Å². The zero-order chi connectivity index (χ0) is 21.9. The van der Waals surface area contributed by atoms with Gasteiger partial charge in [-0.3, -0.25) is 4.90 Å². The van der Waals surface area contributed by atoms with Gasteiger partial charge in [0.2, 0.25) is 10.0 Å². The summed E-state index contributed by atoms with van der Waals surface area (Å²) in [5.74, 6) is 3.19. The molecule has 0 aliphatic carbocycles. The number of nitrogens with zero attached hydrogens (tertiary/aromatic N) is 4. The first kappa shape index (κ1) is 22.5. The van der Waals surface area contributed by atoms with Gasteiger partial charge in [-0.05, 0) is 18.1 Å². The molecule has 0 saturated carbocycles. The van der Waals surface area contributed by atoms with Crippen molar-refractivity contribution in [3.63, 3.8) is 0 Å². The number of hydrogen-bond acceptors (Lipinski definition) is 7. The molecule has 2 aromatic rings. The van der Waals surface area contributed by atoms with Crippen molar-refractivity contribution in [3.8, 4) is 11.5 Å². The fourth-order valence-corrected chi connectivity index (χ4v) is 4.64. The van der Waals surface area contributed by atoms with Crippen LogP contribution in [0.1, 0.15) is 37.1 Å². The highest BCUT2D eigenvalue weighted by molar-refractivity contribution is 7.88. The molecule has 0 unspecified atom stereocenters. The summed E-state index contributed by atoms with van der Waals surface area (Å²) in [5.41, 5.74) is 1.01. The van der Waals surface area contributed by atoms with E-state index >= 15 is 0 Å². The summed E-state index contributed by atoms with van der Waals surface area (Å²) in [6.07, 6.45) is 1.90. The van der Waals surface area contributed by atoms with E-state index in [9.17, 15) is 8.42 Å². The Bertz CT molecular complexity index is 951. The van der Waals surface area contributed by atoms with Crippen LogP contribution in [-0.2, 0) is 29.5 Å². The molecule has 10 heteroatoms. The van der Waals surface area contributed by atoms with E-state index in [1.807, 2.05) is 32.0 Å². The predicted octanol–water partition coefficient (Wildman–Crippen LogP) is 1.60. The molecule has 0 fully saturated rings. The number of benzene rings is 1. The maximum atomic E-state index is 11.9. The molecule has 0 bridgehead atoms. The van der Waals surface area contributed by atoms with Crippen molar-refractivity contribution in [1.29, 1.82) is 0 Å². The van der Waals surface area contributed by atoms with Gasteiger partial charge in [0.15, 0.2) is 5.82 Å². The molecule has 1 atom stereocenters. The minimum Gasteiger partial charge on any atom is -0.496 e. The van der Waals surface area contributed by atoms with Crippen LogP contribution < -0.4 is 14.2 Å². The normalized spacial score (nSPS) is 16.2. The van der Waals surface area contributed by atoms with Crippen LogP contribution in [-0.4, -0.2) is 61.6 Å². The number of nitrogens with one attached hydrogen (secondary N) is 1. The van der Waals surface area contributed by atoms with Crippen molar-refractivity contribution in [2.24, 2.45) is 5.92 Å². The second kappa shape index (κ2) is 9.32. The van der Waals surface area contributed by atoms with Crippen molar-refractivity contribution in [2.45, 2.75) is 39.4 Å². The topological polar surface area (TPSA) is 98.6 Å². The Labute approximate surface area is 178 Å². The molecule has 166 valence electrons. The molecule has 0 saturated heterocycles. The standard InChI is InChI=1S/C20H31N5O4S/c1-14(2)19(23-30(5,26)27)20-22-21-18-9-10-24(11-12-25(18)20)13-15-16(28-3)7-6-8-17(15)29-4/h6-8,14,19,23H,9-13H2,1-5H3/t19-/m1/s1. The van der Waals surface area contributed by atoms with Crippen LogP contribution in [0.3, 0.4) is 0 Å². The lowest BCUT2D eigenvalue weighted by atomic mass is 10.1. The fraction of sp³-hybridized carbons (Fsp3) is 0.600. The Morgan fingerprint density at radius 1 is 1.10 bits per heavy atom. The van der Waals surface area contributed by atoms with E-state index in [-0.39, 0.29) is 5.92 Å². The van der Waals surface area contributed by atoms with E-state index in [0.717, 1.165) is 42.4 Å². The van der Waals surface area contributed by atoms with E-state index in [0.29, 0.717) is 18.9 Å². The molecule has 2 heterocycles. The van der Waals surface area contributed by atoms with Crippen molar-refractivity contribution >= 4 is 10.0 Å². The van der Waals surface area contributed by atoms with Crippen LogP contribution in [0.25, 0.3) is 0 Å². The monoisotopic (exact) mass is 437 g/mol. The van der Waals surface area contributed by atoms with Gasteiger partial charge in [0.25, 0.3) is 0 Å². The quantitative estimate of drug-likeness (QED) is 0.670. The van der Waals surface area contributed by atoms with E-state index in [1.54, 1.807) is 14.2 Å². The van der Waals surface area contributed by atoms with Crippen LogP contribution in [0.5, 0.6) is 11.5 Å². The molecule has 30 heavy (non-hydrogen) atoms. The SMILES string of the molecule is COc1cccc(OC)c1CN1CCc2nnc([C@H](NS(C)(=O)=O)C(C)C)n2CC1. The number of rotatable bonds is 8. The molecular weight excluding hydrogens is 406 g/mol. The number of sulfonamides is 1. The Hall–Kier alpha value is -2.17. The number of methoxy groups -OCH3 is 2. The summed E-state index contributed by atoms with van der Waals surface area (Å²) in [6, 6.07) is 5.37. The lowest BCUT2D eigenvalue weighted by Crippen LogP contribution is -2.33. The van der Waals surface area contributed by atoms with Gasteiger partial charge in [-0.1, -0.05) is 19.9 Å². The maximum Gasteiger partial charge on any atom is 0.209 e. The molecule has 0 spiro atoms. The Morgan fingerprint density at radius 2 is 1.77 bits per heavy atom. The molecule has 1 aliphatic heterocycles. The van der Waals surface area contributed by atoms with Gasteiger partial charge in [0.1, 0.15) is 17.3 Å². The van der Waals surface area contributed by atoms with Gasteiger partial charge in [-0.25, -0.2) is 13.1 Å². The highest BCUT2D eigenvalue weighted by atomic mass is 32.2. The third-order valence-corrected chi connectivity index (χ3v) is 6.03. The minimum atomic E-state index is -3.37. The largest absolute Gasteiger partial charge is 0.496 e. The van der Waals surface area contributed by atoms with Crippen LogP contribution >= 0.6 is 0 Å². The van der Waals surface area contributed by atoms with E-state index < -0.39 is 16.1 Å². The first-order valence-electron chi connectivity index (χ1n) is 10.0. The Morgan fingerprint density at radius 3 is 2.33 bits per heavy atom. The summed E-state index contributed by atoms with van der Waals surface area (Å²) in [5, 5.41) is 8.70. The third-order valence-electron chi connectivity index (χ3n) is 5.34. The van der Waals surface area contributed by atoms with Gasteiger partial charge in [-0.15, -0.1) is 10.2 Å². The third kappa shape index (κ3) is 5.11. The zero-order valence-electron chi connectivity index (χ0n) is 18.3. The molecule has 1 aliphatic rings. The van der Waals surface area contributed by atoms with E-state index in [1.165, 1.54) is 6.26 Å². The van der Waals surface area contributed by atoms with Crippen molar-refractivity contribution in [1.82, 2.24) is 24.4 Å². The highest BCUT2D eigenvalue weighted by Crippen LogP contribution is 2.30. The molecule has 1 N–H and O–H groups in total. The summed E-state index contributed by atoms with van der Waals surface area (Å²) in [4.78, 5) is 2.33. The molecule has 9 nitrogen and oxygen atoms in total. The summed E-state index contributed by atoms with van der Waals surface area (Å²) < 4.78 is 39.5. The van der Waals surface area contributed by atoms with Crippen molar-refractivity contribution < 1.29 is 17.9 Å². The number of ether oxygens (including phenoxy) is 2. The first-order chi connectivity index (χ1) is 14.2. The Kier molecular flexibility index (Phi) is 6.99. The van der Waals surface area contributed by atoms with Crippen LogP contribution in [0, 0.1) is 5.92 Å². The molecule has 0 radical (unpaired) electrons. The molecule has 1 aromatic heterocycles. The second-order valence-electron chi connectivity index (χ2n) is 7.91. The summed E-state index contributed by atoms with van der Waals surface area (Å²) >= 11 is 0. The van der Waals surface area contributed by atoms with Gasteiger partial charge in [0.05, 0.1) is 32.1 Å². The first-order valence-corrected chi connectivity index (χ1v) is 11.9. The summed E-state index contributed by atoms with van der Waals surface area (Å²) in [7, 11) is -0.0426. The summed E-state index contributed by atoms with van der Waals surface area (Å²) in [6.45, 7) is 6.91. The molecule has 3 rings (SSSR count). The lowest BCUT2D eigenvalue weighted by molar-refractivity contribution is 0.259. The van der Waals surface area contributed by atoms with Crippen LogP contribution in [0.15, 0.2) is 18.2 Å². The van der Waals surface area contributed by atoms with Crippen LogP contribution in [0.2, 0.25) is 0 Å². The highest BCUT2D eigenvalue weighted by Gasteiger charge is 2.28. The smallest absolute Gasteiger partial charge is 0.209 e.